The number of unbranched alkanes of at least 4 members (excludes halogenated alkanes) is 10. The molecule has 0 aliphatic carbocycles. The van der Waals surface area contributed by atoms with Crippen LogP contribution in [-0.2, 0) is 20.9 Å². The number of aliphatic carboxylic acids is 1. The molecule has 2 aromatic heterocycles. The lowest BCUT2D eigenvalue weighted by Crippen LogP contribution is -2.52. The maximum Gasteiger partial charge on any atom is 0.306 e. The summed E-state index contributed by atoms with van der Waals surface area (Å²) in [5, 5.41) is 38.4. The topological polar surface area (TPSA) is 244 Å². The molecule has 3 rings (SSSR count). The van der Waals surface area contributed by atoms with Gasteiger partial charge in [0.2, 0.25) is 17.8 Å². The smallest absolute Gasteiger partial charge is 0.306 e. The van der Waals surface area contributed by atoms with E-state index in [-0.39, 0.29) is 29.6 Å². The molecule has 10 N–H and O–H groups in total. The average molecular weight is 772 g/mol. The molecule has 3 atom stereocenters. The van der Waals surface area contributed by atoms with Gasteiger partial charge < -0.3 is 42.7 Å². The Labute approximate surface area is 322 Å². The van der Waals surface area contributed by atoms with E-state index in [2.05, 4.69) is 44.7 Å². The van der Waals surface area contributed by atoms with Crippen molar-refractivity contribution in [2.75, 3.05) is 41.0 Å². The molecule has 2 amide bonds. The van der Waals surface area contributed by atoms with Gasteiger partial charge in [-0.25, -0.2) is 0 Å². The molecule has 1 aromatic carbocycles. The summed E-state index contributed by atoms with van der Waals surface area (Å²) in [5.74, 6) is -1.15. The molecular weight excluding hydrogens is 711 g/mol. The lowest BCUT2D eigenvalue weighted by Gasteiger charge is -2.19. The van der Waals surface area contributed by atoms with E-state index in [1.54, 1.807) is 24.3 Å². The summed E-state index contributed by atoms with van der Waals surface area (Å²) < 4.78 is 1.51. The Balaban J connectivity index is 1.41. The third-order valence-electron chi connectivity index (χ3n) is 9.29. The summed E-state index contributed by atoms with van der Waals surface area (Å²) in [4.78, 5) is 50.3. The molecule has 0 aliphatic heterocycles. The number of carbonyl (C=O) groups excluding carboxylic acids is 2. The third kappa shape index (κ3) is 14.9. The van der Waals surface area contributed by atoms with Gasteiger partial charge in [-0.2, -0.15) is 26.7 Å². The van der Waals surface area contributed by atoms with Crippen LogP contribution < -0.4 is 27.4 Å². The van der Waals surface area contributed by atoms with Crippen LogP contribution in [0.2, 0.25) is 0 Å². The summed E-state index contributed by atoms with van der Waals surface area (Å²) in [6.07, 6.45) is 15.1. The number of carboxylic acids is 1. The number of hydrogen-bond donors (Lipinski definition) is 8. The zero-order chi connectivity index (χ0) is 39.3. The highest BCUT2D eigenvalue weighted by molar-refractivity contribution is 7.99. The highest BCUT2D eigenvalue weighted by Crippen LogP contribution is 2.26. The number of aliphatic hydroxyl groups is 1. The Morgan fingerprint density at radius 2 is 1.52 bits per heavy atom. The van der Waals surface area contributed by atoms with E-state index in [1.165, 1.54) is 61.3 Å². The summed E-state index contributed by atoms with van der Waals surface area (Å²) in [7, 11) is 0. The molecule has 54 heavy (non-hydrogen) atoms. The lowest BCUT2D eigenvalue weighted by molar-refractivity contribution is -0.142. The molecule has 2 heterocycles. The van der Waals surface area contributed by atoms with Crippen molar-refractivity contribution in [1.82, 2.24) is 24.8 Å². The maximum atomic E-state index is 12.9. The molecule has 15 nitrogen and oxygen atoms in total. The normalized spacial score (nSPS) is 13.0. The van der Waals surface area contributed by atoms with Crippen LogP contribution in [0.1, 0.15) is 109 Å². The first-order valence-electron chi connectivity index (χ1n) is 19.4. The highest BCUT2D eigenvalue weighted by atomic mass is 32.2. The third-order valence-corrected chi connectivity index (χ3v) is 10.4. The number of fused-ring (bicyclic) bond motifs is 1. The first-order chi connectivity index (χ1) is 26.1. The number of thioether (sulfide) groups is 1. The Kier molecular flexibility index (Phi) is 19.9. The van der Waals surface area contributed by atoms with Crippen molar-refractivity contribution in [3.8, 4) is 6.01 Å². The van der Waals surface area contributed by atoms with Gasteiger partial charge in [-0.3, -0.25) is 19.0 Å². The summed E-state index contributed by atoms with van der Waals surface area (Å²) in [6, 6.07) is 4.37. The van der Waals surface area contributed by atoms with Crippen molar-refractivity contribution in [3.05, 3.63) is 29.8 Å². The summed E-state index contributed by atoms with van der Waals surface area (Å²) in [6.45, 7) is 4.55. The van der Waals surface area contributed by atoms with Crippen LogP contribution in [0.3, 0.4) is 0 Å². The van der Waals surface area contributed by atoms with E-state index in [9.17, 15) is 29.7 Å². The van der Waals surface area contributed by atoms with Crippen molar-refractivity contribution in [1.29, 1.82) is 0 Å². The van der Waals surface area contributed by atoms with Gasteiger partial charge in [0, 0.05) is 18.0 Å². The average Bonchev–Trinajstić information content (AvgIpc) is 3.47. The van der Waals surface area contributed by atoms with Gasteiger partial charge in [0.05, 0.1) is 25.1 Å². The Hall–Kier alpha value is -4.15. The van der Waals surface area contributed by atoms with Gasteiger partial charge in [-0.05, 0) is 42.7 Å². The molecule has 300 valence electrons. The van der Waals surface area contributed by atoms with Crippen molar-refractivity contribution in [2.45, 2.75) is 122 Å². The standard InChI is InChI=1S/C38H61N9O6S/c1-3-5-7-8-9-10-11-12-13-14-15-27(36(51)52)20-22-54-25-29(39)34(49)43-30(24-48)35(50)42-28-18-16-26(17-19-28)23-47-33-31(44-38(47)53)32(40)45-37(46-33)41-21-6-4-2/h16-19,27,29-30,48H,3-15,20-25,39H2,1-2H3,(H,42,50)(H,43,49)(H,44,53)(H,51,52)(H3,40,41,45,46). The van der Waals surface area contributed by atoms with Crippen LogP contribution in [-0.4, -0.2) is 89.4 Å². The number of aliphatic hydroxyl groups excluding tert-OH is 1. The summed E-state index contributed by atoms with van der Waals surface area (Å²) in [5.41, 5.74) is 14.0. The Morgan fingerprint density at radius 3 is 2.15 bits per heavy atom. The van der Waals surface area contributed by atoms with E-state index < -0.39 is 42.4 Å². The fraction of sp³-hybridized carbons (Fsp3) is 0.632. The first-order valence-corrected chi connectivity index (χ1v) is 20.6. The van der Waals surface area contributed by atoms with E-state index in [4.69, 9.17) is 11.5 Å². The van der Waals surface area contributed by atoms with Crippen LogP contribution >= 0.6 is 11.8 Å². The molecule has 3 aromatic rings. The van der Waals surface area contributed by atoms with Crippen LogP contribution in [0, 0.1) is 5.92 Å². The number of aromatic nitrogens is 4. The minimum atomic E-state index is -1.23. The number of nitrogens with one attached hydrogen (secondary N) is 3. The molecule has 0 fully saturated rings. The number of nitrogens with two attached hydrogens (primary N) is 2. The van der Waals surface area contributed by atoms with Crippen molar-refractivity contribution >= 4 is 58.2 Å². The minimum absolute atomic E-state index is 0.148. The zero-order valence-corrected chi connectivity index (χ0v) is 32.7. The molecule has 0 aliphatic rings. The molecule has 3 unspecified atom stereocenters. The largest absolute Gasteiger partial charge is 0.481 e. The summed E-state index contributed by atoms with van der Waals surface area (Å²) >= 11 is 1.40. The monoisotopic (exact) mass is 771 g/mol. The van der Waals surface area contributed by atoms with Gasteiger partial charge in [0.15, 0.2) is 17.0 Å². The minimum Gasteiger partial charge on any atom is -0.481 e. The lowest BCUT2D eigenvalue weighted by atomic mass is 9.98. The number of nitrogen functional groups attached to an aromatic ring is 1. The quantitative estimate of drug-likeness (QED) is 0.0440. The van der Waals surface area contributed by atoms with E-state index in [1.807, 2.05) is 0 Å². The number of imidazole rings is 1. The number of rotatable bonds is 28. The number of nitrogens with zero attached hydrogens (tertiary/aromatic N) is 4. The number of anilines is 3. The molecule has 0 spiro atoms. The van der Waals surface area contributed by atoms with E-state index in [0.717, 1.165) is 37.7 Å². The van der Waals surface area contributed by atoms with Crippen LogP contribution in [0.4, 0.5) is 17.5 Å². The predicted octanol–water partition coefficient (Wildman–Crippen LogP) is 5.25. The second-order valence-electron chi connectivity index (χ2n) is 13.8. The number of carbonyl (C=O) groups is 3. The van der Waals surface area contributed by atoms with Crippen molar-refractivity contribution in [2.24, 2.45) is 11.7 Å². The SMILES string of the molecule is CCCCCCCCCCCCC(CCSCC(N)C(=O)NC(CO)C(=O)Nc1ccc(Cn2c(O)nc3c(N)nc(NCCCC)nc32)cc1)C(=O)O. The van der Waals surface area contributed by atoms with Gasteiger partial charge in [-0.15, -0.1) is 0 Å². The van der Waals surface area contributed by atoms with Gasteiger partial charge in [0.1, 0.15) is 6.04 Å². The molecular formula is C38H61N9O6S. The number of carboxylic acid groups (broad SMARTS) is 1. The fourth-order valence-electron chi connectivity index (χ4n) is 5.97. The van der Waals surface area contributed by atoms with Gasteiger partial charge >= 0.3 is 5.97 Å². The van der Waals surface area contributed by atoms with Crippen LogP contribution in [0.5, 0.6) is 6.01 Å². The molecule has 16 heteroatoms. The van der Waals surface area contributed by atoms with E-state index >= 15 is 0 Å². The molecule has 0 bridgehead atoms. The Bertz CT molecular complexity index is 1590. The fourth-order valence-corrected chi connectivity index (χ4v) is 6.99. The molecule has 0 saturated carbocycles. The van der Waals surface area contributed by atoms with Gasteiger partial charge in [-0.1, -0.05) is 96.6 Å². The van der Waals surface area contributed by atoms with Crippen molar-refractivity contribution < 1.29 is 29.7 Å². The van der Waals surface area contributed by atoms with Crippen LogP contribution in [0.15, 0.2) is 24.3 Å². The number of hydrogen-bond acceptors (Lipinski definition) is 12. The number of benzene rings is 1. The maximum absolute atomic E-state index is 12.9. The first kappa shape index (κ1) is 44.2. The van der Waals surface area contributed by atoms with Crippen LogP contribution in [0.25, 0.3) is 11.2 Å². The highest BCUT2D eigenvalue weighted by Gasteiger charge is 2.24. The molecule has 0 radical (unpaired) electrons. The second-order valence-corrected chi connectivity index (χ2v) is 14.9. The van der Waals surface area contributed by atoms with E-state index in [0.29, 0.717) is 42.4 Å². The predicted molar refractivity (Wildman–Crippen MR) is 215 cm³/mol. The zero-order valence-electron chi connectivity index (χ0n) is 31.9. The molecule has 0 saturated heterocycles. The van der Waals surface area contributed by atoms with Gasteiger partial charge in [0.25, 0.3) is 6.01 Å². The number of amides is 2. The Morgan fingerprint density at radius 1 is 0.870 bits per heavy atom. The number of aromatic hydroxyl groups is 1. The van der Waals surface area contributed by atoms with Crippen molar-refractivity contribution in [3.63, 3.8) is 0 Å². The second kappa shape index (κ2) is 24.3.